The SMILES string of the molecule is CC(Oc1ccccc1)c1nc2ccccc2n1CCCOc1ccc2ccccc2c1. The maximum Gasteiger partial charge on any atom is 0.153 e. The van der Waals surface area contributed by atoms with Crippen molar-refractivity contribution in [2.24, 2.45) is 0 Å². The molecule has 1 heterocycles. The van der Waals surface area contributed by atoms with Gasteiger partial charge in [-0.2, -0.15) is 0 Å². The average Bonchev–Trinajstić information content (AvgIpc) is 3.21. The van der Waals surface area contributed by atoms with Crippen LogP contribution >= 0.6 is 0 Å². The van der Waals surface area contributed by atoms with Crippen LogP contribution in [-0.2, 0) is 6.54 Å². The van der Waals surface area contributed by atoms with Gasteiger partial charge in [0.25, 0.3) is 0 Å². The number of para-hydroxylation sites is 3. The Morgan fingerprint density at radius 2 is 1.53 bits per heavy atom. The molecule has 0 bridgehead atoms. The van der Waals surface area contributed by atoms with E-state index < -0.39 is 0 Å². The Morgan fingerprint density at radius 3 is 2.41 bits per heavy atom. The van der Waals surface area contributed by atoms with Gasteiger partial charge in [-0.15, -0.1) is 0 Å². The number of benzene rings is 4. The van der Waals surface area contributed by atoms with Crippen molar-refractivity contribution in [1.29, 1.82) is 0 Å². The molecule has 160 valence electrons. The van der Waals surface area contributed by atoms with Gasteiger partial charge in [0.15, 0.2) is 11.9 Å². The largest absolute Gasteiger partial charge is 0.494 e. The van der Waals surface area contributed by atoms with E-state index in [4.69, 9.17) is 14.5 Å². The van der Waals surface area contributed by atoms with E-state index in [1.165, 1.54) is 10.8 Å². The molecule has 0 aliphatic rings. The van der Waals surface area contributed by atoms with Crippen molar-refractivity contribution < 1.29 is 9.47 Å². The number of aromatic nitrogens is 2. The molecule has 5 rings (SSSR count). The molecule has 32 heavy (non-hydrogen) atoms. The fourth-order valence-corrected chi connectivity index (χ4v) is 4.07. The van der Waals surface area contributed by atoms with Crippen molar-refractivity contribution in [3.8, 4) is 11.5 Å². The van der Waals surface area contributed by atoms with Crippen molar-refractivity contribution in [3.63, 3.8) is 0 Å². The molecular formula is C28H26N2O2. The molecule has 0 saturated carbocycles. The third kappa shape index (κ3) is 4.30. The van der Waals surface area contributed by atoms with Crippen LogP contribution in [0.3, 0.4) is 0 Å². The normalized spacial score (nSPS) is 12.2. The van der Waals surface area contributed by atoms with E-state index in [0.29, 0.717) is 6.61 Å². The number of hydrogen-bond donors (Lipinski definition) is 0. The van der Waals surface area contributed by atoms with E-state index in [1.807, 2.05) is 42.5 Å². The highest BCUT2D eigenvalue weighted by Gasteiger charge is 2.18. The van der Waals surface area contributed by atoms with Gasteiger partial charge in [0.1, 0.15) is 11.5 Å². The van der Waals surface area contributed by atoms with Crippen molar-refractivity contribution in [1.82, 2.24) is 9.55 Å². The summed E-state index contributed by atoms with van der Waals surface area (Å²) in [5, 5.41) is 2.42. The monoisotopic (exact) mass is 422 g/mol. The zero-order chi connectivity index (χ0) is 21.8. The molecule has 1 atom stereocenters. The molecule has 0 fully saturated rings. The molecular weight excluding hydrogens is 396 g/mol. The lowest BCUT2D eigenvalue weighted by molar-refractivity contribution is 0.210. The van der Waals surface area contributed by atoms with E-state index in [0.717, 1.165) is 41.3 Å². The molecule has 4 heteroatoms. The Morgan fingerprint density at radius 1 is 0.781 bits per heavy atom. The molecule has 0 N–H and O–H groups in total. The summed E-state index contributed by atoms with van der Waals surface area (Å²) in [6.45, 7) is 3.50. The minimum absolute atomic E-state index is 0.161. The standard InChI is InChI=1S/C28H26N2O2/c1-21(32-24-12-3-2-4-13-24)28-29-26-14-7-8-15-27(26)30(28)18-9-19-31-25-17-16-22-10-5-6-11-23(22)20-25/h2-8,10-17,20-21H,9,18-19H2,1H3. The topological polar surface area (TPSA) is 36.3 Å². The first-order valence-electron chi connectivity index (χ1n) is 11.1. The van der Waals surface area contributed by atoms with Gasteiger partial charge < -0.3 is 14.0 Å². The molecule has 0 aliphatic carbocycles. The number of rotatable bonds is 8. The Kier molecular flexibility index (Phi) is 5.75. The van der Waals surface area contributed by atoms with E-state index in [1.54, 1.807) is 0 Å². The van der Waals surface area contributed by atoms with Crippen LogP contribution in [0.4, 0.5) is 0 Å². The summed E-state index contributed by atoms with van der Waals surface area (Å²) in [5.74, 6) is 2.68. The smallest absolute Gasteiger partial charge is 0.153 e. The quantitative estimate of drug-likeness (QED) is 0.258. The van der Waals surface area contributed by atoms with Gasteiger partial charge in [-0.3, -0.25) is 0 Å². The number of hydrogen-bond acceptors (Lipinski definition) is 3. The first-order valence-corrected chi connectivity index (χ1v) is 11.1. The van der Waals surface area contributed by atoms with Gasteiger partial charge in [0.2, 0.25) is 0 Å². The third-order valence-corrected chi connectivity index (χ3v) is 5.62. The lowest BCUT2D eigenvalue weighted by atomic mass is 10.1. The summed E-state index contributed by atoms with van der Waals surface area (Å²) in [6, 6.07) is 32.7. The molecule has 0 spiro atoms. The number of fused-ring (bicyclic) bond motifs is 2. The molecule has 0 amide bonds. The zero-order valence-corrected chi connectivity index (χ0v) is 18.1. The molecule has 4 nitrogen and oxygen atoms in total. The number of aryl methyl sites for hydroxylation is 1. The van der Waals surface area contributed by atoms with Crippen LogP contribution < -0.4 is 9.47 Å². The maximum absolute atomic E-state index is 6.17. The fourth-order valence-electron chi connectivity index (χ4n) is 4.07. The van der Waals surface area contributed by atoms with E-state index in [-0.39, 0.29) is 6.10 Å². The Bertz CT molecular complexity index is 1330. The van der Waals surface area contributed by atoms with Crippen LogP contribution in [0.5, 0.6) is 11.5 Å². The predicted molar refractivity (Wildman–Crippen MR) is 129 cm³/mol. The first-order chi connectivity index (χ1) is 15.8. The molecule has 4 aromatic carbocycles. The van der Waals surface area contributed by atoms with Crippen LogP contribution in [0.1, 0.15) is 25.3 Å². The fraction of sp³-hybridized carbons (Fsp3) is 0.179. The van der Waals surface area contributed by atoms with Crippen LogP contribution in [-0.4, -0.2) is 16.2 Å². The van der Waals surface area contributed by atoms with Crippen molar-refractivity contribution in [2.75, 3.05) is 6.61 Å². The first kappa shape index (κ1) is 20.1. The van der Waals surface area contributed by atoms with Crippen LogP contribution in [0.2, 0.25) is 0 Å². The zero-order valence-electron chi connectivity index (χ0n) is 18.1. The highest BCUT2D eigenvalue weighted by atomic mass is 16.5. The van der Waals surface area contributed by atoms with E-state index in [2.05, 4.69) is 66.1 Å². The van der Waals surface area contributed by atoms with Crippen molar-refractivity contribution >= 4 is 21.8 Å². The summed E-state index contributed by atoms with van der Waals surface area (Å²) in [5.41, 5.74) is 2.11. The molecule has 0 radical (unpaired) electrons. The van der Waals surface area contributed by atoms with Crippen LogP contribution in [0.25, 0.3) is 21.8 Å². The Balaban J connectivity index is 1.30. The highest BCUT2D eigenvalue weighted by molar-refractivity contribution is 5.83. The summed E-state index contributed by atoms with van der Waals surface area (Å²) >= 11 is 0. The minimum atomic E-state index is -0.161. The molecule has 5 aromatic rings. The van der Waals surface area contributed by atoms with Gasteiger partial charge in [0, 0.05) is 6.54 Å². The third-order valence-electron chi connectivity index (χ3n) is 5.62. The lowest BCUT2D eigenvalue weighted by Gasteiger charge is -2.17. The number of nitrogens with zero attached hydrogens (tertiary/aromatic N) is 2. The summed E-state index contributed by atoms with van der Waals surface area (Å²) in [4.78, 5) is 4.88. The predicted octanol–water partition coefficient (Wildman–Crippen LogP) is 6.80. The van der Waals surface area contributed by atoms with Crippen LogP contribution in [0.15, 0.2) is 97.1 Å². The average molecular weight is 423 g/mol. The summed E-state index contributed by atoms with van der Waals surface area (Å²) < 4.78 is 14.5. The Labute approximate surface area is 188 Å². The van der Waals surface area contributed by atoms with Gasteiger partial charge in [-0.25, -0.2) is 4.98 Å². The van der Waals surface area contributed by atoms with Crippen LogP contribution in [0, 0.1) is 0 Å². The maximum atomic E-state index is 6.17. The highest BCUT2D eigenvalue weighted by Crippen LogP contribution is 2.26. The number of ether oxygens (including phenoxy) is 2. The lowest BCUT2D eigenvalue weighted by Crippen LogP contribution is -2.13. The Hall–Kier alpha value is -3.79. The van der Waals surface area contributed by atoms with Gasteiger partial charge >= 0.3 is 0 Å². The van der Waals surface area contributed by atoms with Crippen molar-refractivity contribution in [2.45, 2.75) is 26.0 Å². The molecule has 0 saturated heterocycles. The van der Waals surface area contributed by atoms with Gasteiger partial charge in [-0.05, 0) is 60.5 Å². The molecule has 1 aromatic heterocycles. The van der Waals surface area contributed by atoms with E-state index >= 15 is 0 Å². The molecule has 1 unspecified atom stereocenters. The summed E-state index contributed by atoms with van der Waals surface area (Å²) in [7, 11) is 0. The summed E-state index contributed by atoms with van der Waals surface area (Å²) in [6.07, 6.45) is 0.712. The number of imidazole rings is 1. The second-order valence-corrected chi connectivity index (χ2v) is 7.89. The second-order valence-electron chi connectivity index (χ2n) is 7.89. The van der Waals surface area contributed by atoms with Crippen molar-refractivity contribution in [3.05, 3.63) is 103 Å². The van der Waals surface area contributed by atoms with Gasteiger partial charge in [0.05, 0.1) is 17.6 Å². The minimum Gasteiger partial charge on any atom is -0.494 e. The van der Waals surface area contributed by atoms with E-state index in [9.17, 15) is 0 Å². The second kappa shape index (κ2) is 9.15. The van der Waals surface area contributed by atoms with Gasteiger partial charge in [-0.1, -0.05) is 60.7 Å². The molecule has 0 aliphatic heterocycles.